The summed E-state index contributed by atoms with van der Waals surface area (Å²) in [7, 11) is 0. The molecule has 1 aromatic heterocycles. The van der Waals surface area contributed by atoms with Crippen molar-refractivity contribution in [2.45, 2.75) is 32.1 Å². The molecule has 124 valence electrons. The fourth-order valence-corrected chi connectivity index (χ4v) is 2.79. The molecule has 1 heterocycles. The van der Waals surface area contributed by atoms with Crippen molar-refractivity contribution >= 4 is 17.7 Å². The Morgan fingerprint density at radius 2 is 2.09 bits per heavy atom. The fraction of sp³-hybridized carbons (Fsp3) is 0.389. The smallest absolute Gasteiger partial charge is 0.261 e. The van der Waals surface area contributed by atoms with E-state index in [4.69, 9.17) is 9.15 Å². The van der Waals surface area contributed by atoms with E-state index in [0.29, 0.717) is 13.0 Å². The average molecular weight is 333 g/mol. The van der Waals surface area contributed by atoms with E-state index in [-0.39, 0.29) is 5.91 Å². The van der Waals surface area contributed by atoms with Gasteiger partial charge in [0.2, 0.25) is 0 Å². The SMILES string of the molecule is CC[C@H](Oc1ccc(C)cc1)C(=O)NCCSCc1ccco1. The van der Waals surface area contributed by atoms with Gasteiger partial charge in [-0.15, -0.1) is 0 Å². The Bertz CT molecular complexity index is 581. The zero-order chi connectivity index (χ0) is 16.5. The Morgan fingerprint density at radius 3 is 2.74 bits per heavy atom. The molecule has 0 spiro atoms. The van der Waals surface area contributed by atoms with Crippen molar-refractivity contribution in [3.8, 4) is 5.75 Å². The molecule has 1 amide bonds. The Morgan fingerprint density at radius 1 is 1.30 bits per heavy atom. The summed E-state index contributed by atoms with van der Waals surface area (Å²) in [4.78, 5) is 12.2. The quantitative estimate of drug-likeness (QED) is 0.709. The molecule has 0 aliphatic heterocycles. The van der Waals surface area contributed by atoms with Crippen molar-refractivity contribution in [3.63, 3.8) is 0 Å². The minimum atomic E-state index is -0.451. The van der Waals surface area contributed by atoms with Crippen molar-refractivity contribution in [3.05, 3.63) is 54.0 Å². The fourth-order valence-electron chi connectivity index (χ4n) is 2.03. The molecule has 0 fully saturated rings. The predicted octanol–water partition coefficient (Wildman–Crippen LogP) is 3.80. The summed E-state index contributed by atoms with van der Waals surface area (Å²) in [6.45, 7) is 4.59. The molecule has 2 aromatic rings. The lowest BCUT2D eigenvalue weighted by atomic mass is 10.2. The highest BCUT2D eigenvalue weighted by atomic mass is 32.2. The second-order valence-corrected chi connectivity index (χ2v) is 6.36. The van der Waals surface area contributed by atoms with Crippen LogP contribution in [-0.4, -0.2) is 24.3 Å². The van der Waals surface area contributed by atoms with Crippen LogP contribution in [0.4, 0.5) is 0 Å². The minimum Gasteiger partial charge on any atom is -0.481 e. The van der Waals surface area contributed by atoms with E-state index >= 15 is 0 Å². The Balaban J connectivity index is 1.68. The first-order valence-corrected chi connectivity index (χ1v) is 8.95. The van der Waals surface area contributed by atoms with Crippen LogP contribution in [0.1, 0.15) is 24.7 Å². The summed E-state index contributed by atoms with van der Waals surface area (Å²) >= 11 is 1.73. The van der Waals surface area contributed by atoms with Crippen molar-refractivity contribution in [1.82, 2.24) is 5.32 Å². The van der Waals surface area contributed by atoms with Gasteiger partial charge >= 0.3 is 0 Å². The van der Waals surface area contributed by atoms with Gasteiger partial charge in [0.05, 0.1) is 12.0 Å². The van der Waals surface area contributed by atoms with Crippen molar-refractivity contribution in [2.24, 2.45) is 0 Å². The molecule has 0 saturated heterocycles. The van der Waals surface area contributed by atoms with E-state index in [9.17, 15) is 4.79 Å². The summed E-state index contributed by atoms with van der Waals surface area (Å²) in [5.41, 5.74) is 1.17. The first kappa shape index (κ1) is 17.5. The molecule has 1 atom stereocenters. The van der Waals surface area contributed by atoms with E-state index in [1.165, 1.54) is 5.56 Å². The van der Waals surface area contributed by atoms with E-state index in [1.807, 2.05) is 50.2 Å². The molecule has 0 radical (unpaired) electrons. The zero-order valence-electron chi connectivity index (χ0n) is 13.6. The number of furan rings is 1. The number of carbonyl (C=O) groups excluding carboxylic acids is 1. The van der Waals surface area contributed by atoms with Gasteiger partial charge in [0.25, 0.3) is 5.91 Å². The molecular formula is C18H23NO3S. The van der Waals surface area contributed by atoms with Crippen LogP contribution in [0.5, 0.6) is 5.75 Å². The number of hydrogen-bond donors (Lipinski definition) is 1. The average Bonchev–Trinajstić information content (AvgIpc) is 3.07. The van der Waals surface area contributed by atoms with Crippen LogP contribution in [0.15, 0.2) is 47.1 Å². The molecule has 0 unspecified atom stereocenters. The number of benzene rings is 1. The maximum Gasteiger partial charge on any atom is 0.261 e. The molecule has 1 aromatic carbocycles. The molecule has 4 nitrogen and oxygen atoms in total. The standard InChI is InChI=1S/C18H23NO3S/c1-3-17(22-15-8-6-14(2)7-9-15)18(20)19-10-12-23-13-16-5-4-11-21-16/h4-9,11,17H,3,10,12-13H2,1-2H3,(H,19,20)/t17-/m0/s1. The number of amides is 1. The monoisotopic (exact) mass is 333 g/mol. The van der Waals surface area contributed by atoms with Crippen molar-refractivity contribution < 1.29 is 13.9 Å². The third-order valence-corrected chi connectivity index (χ3v) is 4.31. The van der Waals surface area contributed by atoms with Gasteiger partial charge < -0.3 is 14.5 Å². The molecule has 0 aliphatic carbocycles. The molecule has 0 bridgehead atoms. The first-order valence-electron chi connectivity index (χ1n) is 7.80. The van der Waals surface area contributed by atoms with Crippen LogP contribution in [0.2, 0.25) is 0 Å². The van der Waals surface area contributed by atoms with Gasteiger partial charge in [0.1, 0.15) is 11.5 Å². The van der Waals surface area contributed by atoms with Crippen molar-refractivity contribution in [1.29, 1.82) is 0 Å². The summed E-state index contributed by atoms with van der Waals surface area (Å²) in [5.74, 6) is 3.28. The number of carbonyl (C=O) groups is 1. The van der Waals surface area contributed by atoms with Crippen LogP contribution in [0, 0.1) is 6.92 Å². The maximum atomic E-state index is 12.2. The third-order valence-electron chi connectivity index (χ3n) is 3.33. The lowest BCUT2D eigenvalue weighted by Gasteiger charge is -2.17. The summed E-state index contributed by atoms with van der Waals surface area (Å²) < 4.78 is 11.0. The van der Waals surface area contributed by atoms with Crippen LogP contribution in [-0.2, 0) is 10.5 Å². The van der Waals surface area contributed by atoms with Crippen LogP contribution < -0.4 is 10.1 Å². The number of rotatable bonds is 9. The molecule has 0 saturated carbocycles. The van der Waals surface area contributed by atoms with Gasteiger partial charge in [0, 0.05) is 12.3 Å². The summed E-state index contributed by atoms with van der Waals surface area (Å²) in [6.07, 6.45) is 1.86. The number of ether oxygens (including phenoxy) is 1. The van der Waals surface area contributed by atoms with Crippen LogP contribution in [0.3, 0.4) is 0 Å². The Hall–Kier alpha value is -1.88. The van der Waals surface area contributed by atoms with E-state index in [1.54, 1.807) is 18.0 Å². The van der Waals surface area contributed by atoms with Gasteiger partial charge in [-0.2, -0.15) is 11.8 Å². The number of thioether (sulfide) groups is 1. The van der Waals surface area contributed by atoms with E-state index < -0.39 is 6.10 Å². The number of hydrogen-bond acceptors (Lipinski definition) is 4. The van der Waals surface area contributed by atoms with Crippen LogP contribution >= 0.6 is 11.8 Å². The van der Waals surface area contributed by atoms with Gasteiger partial charge in [0.15, 0.2) is 6.10 Å². The normalized spacial score (nSPS) is 11.9. The maximum absolute atomic E-state index is 12.2. The lowest BCUT2D eigenvalue weighted by Crippen LogP contribution is -2.39. The number of aryl methyl sites for hydroxylation is 1. The number of nitrogens with one attached hydrogen (secondary N) is 1. The molecular weight excluding hydrogens is 310 g/mol. The zero-order valence-corrected chi connectivity index (χ0v) is 14.4. The third kappa shape index (κ3) is 6.02. The molecule has 23 heavy (non-hydrogen) atoms. The predicted molar refractivity (Wildman–Crippen MR) is 93.8 cm³/mol. The van der Waals surface area contributed by atoms with Gasteiger partial charge in [-0.1, -0.05) is 24.6 Å². The highest BCUT2D eigenvalue weighted by Crippen LogP contribution is 2.15. The molecule has 1 N–H and O–H groups in total. The Kier molecular flexibility index (Phi) is 7.07. The first-order chi connectivity index (χ1) is 11.2. The van der Waals surface area contributed by atoms with Gasteiger partial charge in [-0.05, 0) is 37.6 Å². The summed E-state index contributed by atoms with van der Waals surface area (Å²) in [6, 6.07) is 11.6. The lowest BCUT2D eigenvalue weighted by molar-refractivity contribution is -0.127. The van der Waals surface area contributed by atoms with Crippen LogP contribution in [0.25, 0.3) is 0 Å². The molecule has 5 heteroatoms. The van der Waals surface area contributed by atoms with Gasteiger partial charge in [-0.3, -0.25) is 4.79 Å². The van der Waals surface area contributed by atoms with Crippen molar-refractivity contribution in [2.75, 3.05) is 12.3 Å². The highest BCUT2D eigenvalue weighted by Gasteiger charge is 2.17. The topological polar surface area (TPSA) is 51.5 Å². The van der Waals surface area contributed by atoms with Gasteiger partial charge in [-0.25, -0.2) is 0 Å². The van der Waals surface area contributed by atoms with E-state index in [2.05, 4.69) is 5.32 Å². The second kappa shape index (κ2) is 9.30. The molecule has 2 rings (SSSR count). The summed E-state index contributed by atoms with van der Waals surface area (Å²) in [5, 5.41) is 2.93. The second-order valence-electron chi connectivity index (χ2n) is 5.25. The Labute approximate surface area is 141 Å². The highest BCUT2D eigenvalue weighted by molar-refractivity contribution is 7.98. The molecule has 0 aliphatic rings. The van der Waals surface area contributed by atoms with E-state index in [0.717, 1.165) is 23.0 Å². The largest absolute Gasteiger partial charge is 0.481 e. The minimum absolute atomic E-state index is 0.0633.